The van der Waals surface area contributed by atoms with Crippen molar-refractivity contribution in [2.24, 2.45) is 16.7 Å². The number of aromatic nitrogens is 2. The number of carbonyl (C=O) groups is 3. The first-order chi connectivity index (χ1) is 17.0. The largest absolute Gasteiger partial charge is 0.480 e. The Morgan fingerprint density at radius 3 is 2.49 bits per heavy atom. The summed E-state index contributed by atoms with van der Waals surface area (Å²) in [7, 11) is 0. The zero-order valence-corrected chi connectivity index (χ0v) is 23.6. The van der Waals surface area contributed by atoms with E-state index in [0.29, 0.717) is 35.1 Å². The van der Waals surface area contributed by atoms with E-state index >= 15 is 0 Å². The van der Waals surface area contributed by atoms with Gasteiger partial charge in [-0.05, 0) is 63.6 Å². The van der Waals surface area contributed by atoms with Crippen LogP contribution in [0.15, 0.2) is 30.7 Å². The molecule has 8 nitrogen and oxygen atoms in total. The summed E-state index contributed by atoms with van der Waals surface area (Å²) in [5, 5.41) is 13.4. The summed E-state index contributed by atoms with van der Waals surface area (Å²) in [6.07, 6.45) is 4.30. The van der Waals surface area contributed by atoms with E-state index in [9.17, 15) is 19.5 Å². The number of hydrogen-bond donors (Lipinski definition) is 2. The standard InChI is InChI=1S/C27H35Cl2N3O5/c1-25(2,3)37-24(36)27(6)10-9-18(26(27,4)5)22(33)31-21(23(34)35)12-17-14-32(15-30-17)13-16-7-8-19(28)20(29)11-16/h7-8,11,14-15,18,21H,9-10,12-13H2,1-6H3,(H,31,33)(H,34,35)/t18-,21+,27+/m1/s1. The Balaban J connectivity index is 1.68. The number of carbonyl (C=O) groups excluding carboxylic acids is 2. The number of carboxylic acid groups (broad SMARTS) is 1. The summed E-state index contributed by atoms with van der Waals surface area (Å²) in [5.74, 6) is -2.43. The highest BCUT2D eigenvalue weighted by Gasteiger charge is 2.59. The Bertz CT molecular complexity index is 1190. The molecule has 2 aromatic rings. The van der Waals surface area contributed by atoms with Crippen molar-refractivity contribution in [2.75, 3.05) is 0 Å². The predicted octanol–water partition coefficient (Wildman–Crippen LogP) is 5.13. The number of imidazole rings is 1. The van der Waals surface area contributed by atoms with Crippen molar-refractivity contribution < 1.29 is 24.2 Å². The van der Waals surface area contributed by atoms with Crippen LogP contribution in [0.25, 0.3) is 0 Å². The first kappa shape index (κ1) is 29.0. The molecule has 37 heavy (non-hydrogen) atoms. The van der Waals surface area contributed by atoms with Crippen LogP contribution < -0.4 is 5.32 Å². The average Bonchev–Trinajstić information content (AvgIpc) is 3.30. The molecule has 0 aliphatic heterocycles. The lowest BCUT2D eigenvalue weighted by Gasteiger charge is -2.40. The molecule has 0 spiro atoms. The van der Waals surface area contributed by atoms with E-state index in [0.717, 1.165) is 5.56 Å². The molecular weight excluding hydrogens is 517 g/mol. The van der Waals surface area contributed by atoms with Gasteiger partial charge in [0.25, 0.3) is 0 Å². The molecule has 0 bridgehead atoms. The fraction of sp³-hybridized carbons (Fsp3) is 0.556. The maximum atomic E-state index is 13.3. The third-order valence-corrected chi connectivity index (χ3v) is 8.19. The van der Waals surface area contributed by atoms with Gasteiger partial charge in [-0.15, -0.1) is 0 Å². The van der Waals surface area contributed by atoms with Crippen molar-refractivity contribution in [3.8, 4) is 0 Å². The highest BCUT2D eigenvalue weighted by atomic mass is 35.5. The number of benzene rings is 1. The second kappa shape index (κ2) is 10.7. The van der Waals surface area contributed by atoms with E-state index < -0.39 is 34.4 Å². The lowest BCUT2D eigenvalue weighted by atomic mass is 9.65. The molecule has 1 aliphatic carbocycles. The number of aliphatic carboxylic acids is 1. The number of halogens is 2. The van der Waals surface area contributed by atoms with Gasteiger partial charge in [0, 0.05) is 25.1 Å². The van der Waals surface area contributed by atoms with E-state index in [2.05, 4.69) is 10.3 Å². The van der Waals surface area contributed by atoms with Crippen molar-refractivity contribution in [1.29, 1.82) is 0 Å². The van der Waals surface area contributed by atoms with Gasteiger partial charge in [-0.25, -0.2) is 9.78 Å². The number of carboxylic acids is 1. The number of hydrogen-bond acceptors (Lipinski definition) is 5. The summed E-state index contributed by atoms with van der Waals surface area (Å²) in [4.78, 5) is 42.7. The summed E-state index contributed by atoms with van der Waals surface area (Å²) in [6, 6.07) is 4.16. The molecule has 1 amide bonds. The minimum Gasteiger partial charge on any atom is -0.480 e. The lowest BCUT2D eigenvalue weighted by Crippen LogP contribution is -2.50. The maximum absolute atomic E-state index is 13.3. The molecule has 3 rings (SSSR count). The zero-order valence-electron chi connectivity index (χ0n) is 22.1. The third kappa shape index (κ3) is 6.47. The second-order valence-electron chi connectivity index (χ2n) is 11.5. The minimum absolute atomic E-state index is 0.0198. The number of nitrogens with zero attached hydrogens (tertiary/aromatic N) is 2. The van der Waals surface area contributed by atoms with Crippen molar-refractivity contribution >= 4 is 41.0 Å². The van der Waals surface area contributed by atoms with Crippen LogP contribution in [0, 0.1) is 16.7 Å². The van der Waals surface area contributed by atoms with Crippen molar-refractivity contribution in [3.05, 3.63) is 52.0 Å². The van der Waals surface area contributed by atoms with Gasteiger partial charge < -0.3 is 19.7 Å². The van der Waals surface area contributed by atoms with Gasteiger partial charge in [-0.1, -0.05) is 43.1 Å². The second-order valence-corrected chi connectivity index (χ2v) is 12.4. The van der Waals surface area contributed by atoms with Gasteiger partial charge >= 0.3 is 11.9 Å². The van der Waals surface area contributed by atoms with Crippen LogP contribution in [0.5, 0.6) is 0 Å². The van der Waals surface area contributed by atoms with Gasteiger partial charge in [0.2, 0.25) is 5.91 Å². The summed E-state index contributed by atoms with van der Waals surface area (Å²) >= 11 is 12.1. The van der Waals surface area contributed by atoms with Crippen LogP contribution in [-0.4, -0.2) is 44.1 Å². The monoisotopic (exact) mass is 551 g/mol. The highest BCUT2D eigenvalue weighted by Crippen LogP contribution is 2.57. The van der Waals surface area contributed by atoms with E-state index in [1.165, 1.54) is 0 Å². The average molecular weight is 552 g/mol. The maximum Gasteiger partial charge on any atom is 0.326 e. The molecule has 1 aromatic heterocycles. The van der Waals surface area contributed by atoms with Crippen LogP contribution in [0.1, 0.15) is 65.6 Å². The number of rotatable bonds is 8. The van der Waals surface area contributed by atoms with Crippen molar-refractivity contribution in [1.82, 2.24) is 14.9 Å². The molecule has 1 fully saturated rings. The van der Waals surface area contributed by atoms with E-state index in [1.54, 1.807) is 24.7 Å². The number of amides is 1. The van der Waals surface area contributed by atoms with Crippen LogP contribution in [0.2, 0.25) is 10.0 Å². The van der Waals surface area contributed by atoms with Crippen LogP contribution >= 0.6 is 23.2 Å². The summed E-state index contributed by atoms with van der Waals surface area (Å²) < 4.78 is 7.46. The van der Waals surface area contributed by atoms with Gasteiger partial charge in [0.05, 0.1) is 27.5 Å². The lowest BCUT2D eigenvalue weighted by molar-refractivity contribution is -0.173. The molecule has 1 heterocycles. The Labute approximate surface area is 227 Å². The summed E-state index contributed by atoms with van der Waals surface area (Å²) in [5.41, 5.74) is -0.808. The Hall–Kier alpha value is -2.58. The van der Waals surface area contributed by atoms with E-state index in [-0.39, 0.29) is 18.3 Å². The third-order valence-electron chi connectivity index (χ3n) is 7.46. The summed E-state index contributed by atoms with van der Waals surface area (Å²) in [6.45, 7) is 11.5. The topological polar surface area (TPSA) is 111 Å². The van der Waals surface area contributed by atoms with Gasteiger partial charge in [0.1, 0.15) is 11.6 Å². The molecule has 1 saturated carbocycles. The zero-order chi connectivity index (χ0) is 27.8. The molecule has 10 heteroatoms. The van der Waals surface area contributed by atoms with Gasteiger partial charge in [0.15, 0.2) is 0 Å². The Morgan fingerprint density at radius 2 is 1.89 bits per heavy atom. The first-order valence-corrected chi connectivity index (χ1v) is 13.0. The van der Waals surface area contributed by atoms with Crippen molar-refractivity contribution in [2.45, 2.75) is 79.0 Å². The minimum atomic E-state index is -1.16. The molecule has 3 atom stereocenters. The fourth-order valence-electron chi connectivity index (χ4n) is 4.84. The molecule has 202 valence electrons. The number of nitrogens with one attached hydrogen (secondary N) is 1. The number of esters is 1. The van der Waals surface area contributed by atoms with Crippen molar-refractivity contribution in [3.63, 3.8) is 0 Å². The van der Waals surface area contributed by atoms with E-state index in [1.807, 2.05) is 52.2 Å². The Kier molecular flexibility index (Phi) is 8.35. The molecule has 2 N–H and O–H groups in total. The molecule has 1 aliphatic rings. The smallest absolute Gasteiger partial charge is 0.326 e. The quantitative estimate of drug-likeness (QED) is 0.439. The number of ether oxygens (including phenoxy) is 1. The van der Waals surface area contributed by atoms with Crippen LogP contribution in [-0.2, 0) is 32.1 Å². The van der Waals surface area contributed by atoms with E-state index in [4.69, 9.17) is 27.9 Å². The van der Waals surface area contributed by atoms with Crippen LogP contribution in [0.4, 0.5) is 0 Å². The van der Waals surface area contributed by atoms with Gasteiger partial charge in [-0.3, -0.25) is 9.59 Å². The molecule has 1 aromatic carbocycles. The molecule has 0 unspecified atom stereocenters. The Morgan fingerprint density at radius 1 is 1.22 bits per heavy atom. The highest BCUT2D eigenvalue weighted by molar-refractivity contribution is 6.42. The fourth-order valence-corrected chi connectivity index (χ4v) is 5.16. The SMILES string of the molecule is CC(C)(C)OC(=O)[C@]1(C)CC[C@H](C(=O)N[C@@H](Cc2cn(Cc3ccc(Cl)c(Cl)c3)cn2)C(=O)O)C1(C)C. The molecular formula is C27H35Cl2N3O5. The first-order valence-electron chi connectivity index (χ1n) is 12.2. The molecule has 0 saturated heterocycles. The normalized spacial score (nSPS) is 21.9. The van der Waals surface area contributed by atoms with Crippen LogP contribution in [0.3, 0.4) is 0 Å². The van der Waals surface area contributed by atoms with Gasteiger partial charge in [-0.2, -0.15) is 0 Å². The molecule has 0 radical (unpaired) electrons. The predicted molar refractivity (Wildman–Crippen MR) is 142 cm³/mol.